The molecule has 0 aromatic heterocycles. The van der Waals surface area contributed by atoms with Gasteiger partial charge in [0.2, 0.25) is 5.91 Å². The number of carbonyl (C=O) groups excluding carboxylic acids is 2. The molecule has 2 amide bonds. The summed E-state index contributed by atoms with van der Waals surface area (Å²) in [5.41, 5.74) is 2.29. The predicted molar refractivity (Wildman–Crippen MR) is 88.2 cm³/mol. The molecule has 0 saturated heterocycles. The quantitative estimate of drug-likeness (QED) is 0.889. The molecule has 0 spiro atoms. The molecule has 22 heavy (non-hydrogen) atoms. The number of amides is 2. The molecule has 0 atom stereocenters. The third-order valence-electron chi connectivity index (χ3n) is 3.19. The molecule has 0 aliphatic carbocycles. The second kappa shape index (κ2) is 7.61. The summed E-state index contributed by atoms with van der Waals surface area (Å²) in [6.45, 7) is 1.94. The van der Waals surface area contributed by atoms with E-state index in [4.69, 9.17) is 11.6 Å². The zero-order valence-corrected chi connectivity index (χ0v) is 13.0. The number of hydrogen-bond acceptors (Lipinski definition) is 2. The van der Waals surface area contributed by atoms with Gasteiger partial charge in [-0.3, -0.25) is 9.59 Å². The molecule has 2 rings (SSSR count). The summed E-state index contributed by atoms with van der Waals surface area (Å²) in [5, 5.41) is 5.95. The van der Waals surface area contributed by atoms with Crippen LogP contribution in [0.1, 0.15) is 22.8 Å². The molecule has 4 nitrogen and oxygen atoms in total. The first-order valence-corrected chi connectivity index (χ1v) is 7.39. The Bertz CT molecular complexity index is 669. The van der Waals surface area contributed by atoms with Crippen LogP contribution < -0.4 is 10.6 Å². The van der Waals surface area contributed by atoms with Gasteiger partial charge in [-0.2, -0.15) is 0 Å². The lowest BCUT2D eigenvalue weighted by atomic mass is 10.1. The minimum absolute atomic E-state index is 0.0838. The van der Waals surface area contributed by atoms with Crippen molar-refractivity contribution in [3.05, 3.63) is 64.7 Å². The summed E-state index contributed by atoms with van der Waals surface area (Å²) in [6, 6.07) is 14.1. The van der Waals surface area contributed by atoms with E-state index >= 15 is 0 Å². The van der Waals surface area contributed by atoms with E-state index in [1.807, 2.05) is 31.2 Å². The molecular formula is C17H17ClN2O2. The topological polar surface area (TPSA) is 58.2 Å². The van der Waals surface area contributed by atoms with Gasteiger partial charge in [0.15, 0.2) is 0 Å². The standard InChI is InChI=1S/C17H17ClN2O2/c1-2-12-5-3-4-6-15(12)20-16(21)11-19-17(22)13-7-9-14(18)10-8-13/h3-10H,2,11H2,1H3,(H,19,22)(H,20,21). The van der Waals surface area contributed by atoms with Gasteiger partial charge in [0.25, 0.3) is 5.91 Å². The van der Waals surface area contributed by atoms with Crippen LogP contribution in [-0.4, -0.2) is 18.4 Å². The number of aryl methyl sites for hydroxylation is 1. The highest BCUT2D eigenvalue weighted by molar-refractivity contribution is 6.30. The Kier molecular flexibility index (Phi) is 5.55. The zero-order valence-electron chi connectivity index (χ0n) is 12.2. The minimum atomic E-state index is -0.310. The van der Waals surface area contributed by atoms with E-state index in [9.17, 15) is 9.59 Å². The number of para-hydroxylation sites is 1. The monoisotopic (exact) mass is 316 g/mol. The number of rotatable bonds is 5. The number of benzene rings is 2. The van der Waals surface area contributed by atoms with E-state index in [1.165, 1.54) is 0 Å². The first kappa shape index (κ1) is 16.0. The van der Waals surface area contributed by atoms with Crippen molar-refractivity contribution in [3.63, 3.8) is 0 Å². The van der Waals surface area contributed by atoms with Gasteiger partial charge in [0.1, 0.15) is 0 Å². The van der Waals surface area contributed by atoms with Crippen molar-refractivity contribution < 1.29 is 9.59 Å². The molecule has 0 bridgehead atoms. The third kappa shape index (κ3) is 4.33. The van der Waals surface area contributed by atoms with Crippen molar-refractivity contribution in [1.29, 1.82) is 0 Å². The Balaban J connectivity index is 1.90. The van der Waals surface area contributed by atoms with Gasteiger partial charge in [-0.05, 0) is 42.3 Å². The molecule has 114 valence electrons. The van der Waals surface area contributed by atoms with Crippen molar-refractivity contribution in [2.75, 3.05) is 11.9 Å². The Morgan fingerprint density at radius 2 is 1.73 bits per heavy atom. The van der Waals surface area contributed by atoms with Crippen LogP contribution in [0.15, 0.2) is 48.5 Å². The molecule has 0 fully saturated rings. The molecule has 0 radical (unpaired) electrons. The fraction of sp³-hybridized carbons (Fsp3) is 0.176. The molecule has 5 heteroatoms. The fourth-order valence-corrected chi connectivity index (χ4v) is 2.13. The average Bonchev–Trinajstić information content (AvgIpc) is 2.54. The van der Waals surface area contributed by atoms with Crippen molar-refractivity contribution in [1.82, 2.24) is 5.32 Å². The lowest BCUT2D eigenvalue weighted by molar-refractivity contribution is -0.115. The summed E-state index contributed by atoms with van der Waals surface area (Å²) in [5.74, 6) is -0.571. The van der Waals surface area contributed by atoms with E-state index in [0.29, 0.717) is 10.6 Å². The third-order valence-corrected chi connectivity index (χ3v) is 3.44. The van der Waals surface area contributed by atoms with Gasteiger partial charge in [0.05, 0.1) is 6.54 Å². The first-order chi connectivity index (χ1) is 10.6. The van der Waals surface area contributed by atoms with E-state index in [1.54, 1.807) is 24.3 Å². The molecule has 0 saturated carbocycles. The van der Waals surface area contributed by atoms with Crippen molar-refractivity contribution in [3.8, 4) is 0 Å². The molecule has 2 aromatic rings. The van der Waals surface area contributed by atoms with E-state index < -0.39 is 0 Å². The maximum atomic E-state index is 11.9. The highest BCUT2D eigenvalue weighted by atomic mass is 35.5. The number of halogens is 1. The highest BCUT2D eigenvalue weighted by Gasteiger charge is 2.09. The number of nitrogens with one attached hydrogen (secondary N) is 2. The fourth-order valence-electron chi connectivity index (χ4n) is 2.01. The maximum Gasteiger partial charge on any atom is 0.251 e. The average molecular weight is 317 g/mol. The smallest absolute Gasteiger partial charge is 0.251 e. The van der Waals surface area contributed by atoms with Crippen molar-refractivity contribution in [2.24, 2.45) is 0 Å². The zero-order chi connectivity index (χ0) is 15.9. The molecule has 2 N–H and O–H groups in total. The second-order valence-electron chi connectivity index (χ2n) is 4.75. The van der Waals surface area contributed by atoms with E-state index in [2.05, 4.69) is 10.6 Å². The molecule has 0 unspecified atom stereocenters. The minimum Gasteiger partial charge on any atom is -0.343 e. The van der Waals surface area contributed by atoms with E-state index in [0.717, 1.165) is 17.7 Å². The Labute approximate surface area is 134 Å². The second-order valence-corrected chi connectivity index (χ2v) is 5.18. The summed E-state index contributed by atoms with van der Waals surface area (Å²) in [4.78, 5) is 23.8. The van der Waals surface area contributed by atoms with Crippen LogP contribution in [0.5, 0.6) is 0 Å². The molecule has 0 heterocycles. The van der Waals surface area contributed by atoms with Gasteiger partial charge in [-0.25, -0.2) is 0 Å². The summed E-state index contributed by atoms with van der Waals surface area (Å²) >= 11 is 5.77. The predicted octanol–water partition coefficient (Wildman–Crippen LogP) is 3.27. The van der Waals surface area contributed by atoms with Crippen LogP contribution in [0.4, 0.5) is 5.69 Å². The van der Waals surface area contributed by atoms with Crippen LogP contribution >= 0.6 is 11.6 Å². The van der Waals surface area contributed by atoms with Crippen LogP contribution in [0.2, 0.25) is 5.02 Å². The number of hydrogen-bond donors (Lipinski definition) is 2. The lowest BCUT2D eigenvalue weighted by Gasteiger charge is -2.10. The molecular weight excluding hydrogens is 300 g/mol. The normalized spacial score (nSPS) is 10.1. The number of carbonyl (C=O) groups is 2. The molecule has 0 aliphatic heterocycles. The maximum absolute atomic E-state index is 11.9. The van der Waals surface area contributed by atoms with Crippen LogP contribution in [-0.2, 0) is 11.2 Å². The van der Waals surface area contributed by atoms with Gasteiger partial charge in [0, 0.05) is 16.3 Å². The van der Waals surface area contributed by atoms with Crippen LogP contribution in [0.3, 0.4) is 0 Å². The largest absolute Gasteiger partial charge is 0.343 e. The van der Waals surface area contributed by atoms with Crippen LogP contribution in [0.25, 0.3) is 0 Å². The summed E-state index contributed by atoms with van der Waals surface area (Å²) in [6.07, 6.45) is 0.827. The van der Waals surface area contributed by atoms with Gasteiger partial charge in [-0.1, -0.05) is 36.7 Å². The number of anilines is 1. The Hall–Kier alpha value is -2.33. The lowest BCUT2D eigenvalue weighted by Crippen LogP contribution is -2.33. The van der Waals surface area contributed by atoms with Gasteiger partial charge >= 0.3 is 0 Å². The molecule has 0 aliphatic rings. The van der Waals surface area contributed by atoms with Crippen molar-refractivity contribution >= 4 is 29.1 Å². The molecule has 2 aromatic carbocycles. The van der Waals surface area contributed by atoms with Gasteiger partial charge in [-0.15, -0.1) is 0 Å². The SMILES string of the molecule is CCc1ccccc1NC(=O)CNC(=O)c1ccc(Cl)cc1. The first-order valence-electron chi connectivity index (χ1n) is 7.01. The van der Waals surface area contributed by atoms with Gasteiger partial charge < -0.3 is 10.6 Å². The summed E-state index contributed by atoms with van der Waals surface area (Å²) < 4.78 is 0. The Morgan fingerprint density at radius 3 is 2.41 bits per heavy atom. The van der Waals surface area contributed by atoms with Crippen LogP contribution in [0, 0.1) is 0 Å². The van der Waals surface area contributed by atoms with E-state index in [-0.39, 0.29) is 18.4 Å². The van der Waals surface area contributed by atoms with Crippen molar-refractivity contribution in [2.45, 2.75) is 13.3 Å². The Morgan fingerprint density at radius 1 is 1.05 bits per heavy atom. The summed E-state index contributed by atoms with van der Waals surface area (Å²) in [7, 11) is 0. The highest BCUT2D eigenvalue weighted by Crippen LogP contribution is 2.15.